The van der Waals surface area contributed by atoms with E-state index >= 15 is 0 Å². The van der Waals surface area contributed by atoms with Crippen LogP contribution in [0.2, 0.25) is 5.15 Å². The molecular formula is C8H10ClN3O2S. The van der Waals surface area contributed by atoms with Crippen LogP contribution in [0.3, 0.4) is 0 Å². The fourth-order valence-electron chi connectivity index (χ4n) is 1.16. The van der Waals surface area contributed by atoms with Crippen LogP contribution < -0.4 is 4.72 Å². The lowest BCUT2D eigenvalue weighted by atomic mass is 10.5. The van der Waals surface area contributed by atoms with Gasteiger partial charge in [-0.1, -0.05) is 11.6 Å². The minimum atomic E-state index is -3.31. The van der Waals surface area contributed by atoms with Gasteiger partial charge in [-0.05, 0) is 25.8 Å². The monoisotopic (exact) mass is 247 g/mol. The summed E-state index contributed by atoms with van der Waals surface area (Å²) in [6, 6.07) is 1.57. The molecule has 0 amide bonds. The number of rotatable bonds is 3. The Kier molecular flexibility index (Phi) is 2.56. The van der Waals surface area contributed by atoms with E-state index in [2.05, 4.69) is 14.7 Å². The number of sulfonamides is 1. The quantitative estimate of drug-likeness (QED) is 0.819. The van der Waals surface area contributed by atoms with Gasteiger partial charge in [-0.25, -0.2) is 18.4 Å². The molecule has 0 radical (unpaired) electrons. The molecule has 7 heteroatoms. The van der Waals surface area contributed by atoms with Crippen LogP contribution in [-0.4, -0.2) is 23.6 Å². The number of aryl methyl sites for hydroxylation is 1. The van der Waals surface area contributed by atoms with Gasteiger partial charge >= 0.3 is 0 Å². The molecule has 0 bridgehead atoms. The lowest BCUT2D eigenvalue weighted by Gasteiger charge is -2.05. The number of nitrogens with one attached hydrogen (secondary N) is 1. The van der Waals surface area contributed by atoms with Gasteiger partial charge in [0.05, 0.1) is 5.25 Å². The van der Waals surface area contributed by atoms with Gasteiger partial charge < -0.3 is 0 Å². The van der Waals surface area contributed by atoms with Crippen LogP contribution in [-0.2, 0) is 10.0 Å². The van der Waals surface area contributed by atoms with Gasteiger partial charge in [0.1, 0.15) is 5.15 Å². The van der Waals surface area contributed by atoms with E-state index in [1.54, 1.807) is 13.0 Å². The minimum Gasteiger partial charge on any atom is -0.251 e. The van der Waals surface area contributed by atoms with E-state index < -0.39 is 10.0 Å². The van der Waals surface area contributed by atoms with Crippen LogP contribution in [0.1, 0.15) is 18.5 Å². The smallest absolute Gasteiger partial charge is 0.238 e. The van der Waals surface area contributed by atoms with Crippen LogP contribution >= 0.6 is 11.6 Å². The topological polar surface area (TPSA) is 72.0 Å². The molecule has 0 spiro atoms. The van der Waals surface area contributed by atoms with Crippen molar-refractivity contribution < 1.29 is 8.42 Å². The molecule has 0 atom stereocenters. The summed E-state index contributed by atoms with van der Waals surface area (Å²) in [5, 5.41) is -0.0589. The second-order valence-electron chi connectivity index (χ2n) is 3.50. The summed E-state index contributed by atoms with van der Waals surface area (Å²) in [7, 11) is -3.31. The first kappa shape index (κ1) is 10.6. The number of hydrogen-bond acceptors (Lipinski definition) is 4. The summed E-state index contributed by atoms with van der Waals surface area (Å²) in [5.74, 6) is 0.0481. The second-order valence-corrected chi connectivity index (χ2v) is 5.85. The molecule has 1 aromatic rings. The molecule has 82 valence electrons. The van der Waals surface area contributed by atoms with Gasteiger partial charge in [-0.2, -0.15) is 0 Å². The third kappa shape index (κ3) is 2.57. The maximum absolute atomic E-state index is 11.6. The predicted molar refractivity (Wildman–Crippen MR) is 57.3 cm³/mol. The highest BCUT2D eigenvalue weighted by Crippen LogP contribution is 2.29. The molecule has 1 N–H and O–H groups in total. The third-order valence-corrected chi connectivity index (χ3v) is 4.03. The molecular weight excluding hydrogens is 238 g/mol. The first-order valence-electron chi connectivity index (χ1n) is 4.50. The summed E-state index contributed by atoms with van der Waals surface area (Å²) >= 11 is 5.69. The van der Waals surface area contributed by atoms with E-state index in [1.165, 1.54) is 0 Å². The van der Waals surface area contributed by atoms with Crippen molar-refractivity contribution in [3.05, 3.63) is 16.9 Å². The summed E-state index contributed by atoms with van der Waals surface area (Å²) in [5.41, 5.74) is 0.628. The van der Waals surface area contributed by atoms with Gasteiger partial charge in [-0.3, -0.25) is 4.72 Å². The maximum atomic E-state index is 11.6. The van der Waals surface area contributed by atoms with Gasteiger partial charge in [0.2, 0.25) is 16.0 Å². The Morgan fingerprint density at radius 1 is 1.47 bits per heavy atom. The zero-order valence-corrected chi connectivity index (χ0v) is 9.64. The highest BCUT2D eigenvalue weighted by atomic mass is 35.5. The Hall–Kier alpha value is -0.880. The summed E-state index contributed by atoms with van der Waals surface area (Å²) < 4.78 is 25.4. The lowest BCUT2D eigenvalue weighted by Crippen LogP contribution is -2.19. The lowest BCUT2D eigenvalue weighted by molar-refractivity contribution is 0.599. The fraction of sp³-hybridized carbons (Fsp3) is 0.500. The molecule has 1 fully saturated rings. The van der Waals surface area contributed by atoms with E-state index in [9.17, 15) is 8.42 Å². The number of anilines is 1. The van der Waals surface area contributed by atoms with Crippen LogP contribution in [0.4, 0.5) is 5.95 Å². The first-order chi connectivity index (χ1) is 6.97. The average Bonchev–Trinajstić information content (AvgIpc) is 2.80. The third-order valence-electron chi connectivity index (χ3n) is 2.02. The van der Waals surface area contributed by atoms with Crippen molar-refractivity contribution in [1.82, 2.24) is 9.97 Å². The molecule has 0 unspecified atom stereocenters. The number of hydrogen-bond donors (Lipinski definition) is 1. The van der Waals surface area contributed by atoms with Crippen molar-refractivity contribution in [2.75, 3.05) is 4.72 Å². The number of halogens is 1. The Bertz CT molecular complexity index is 464. The van der Waals surface area contributed by atoms with Crippen LogP contribution in [0.25, 0.3) is 0 Å². The van der Waals surface area contributed by atoms with E-state index in [-0.39, 0.29) is 16.4 Å². The highest BCUT2D eigenvalue weighted by molar-refractivity contribution is 7.93. The molecule has 1 saturated carbocycles. The molecule has 5 nitrogen and oxygen atoms in total. The minimum absolute atomic E-state index is 0.0481. The van der Waals surface area contributed by atoms with E-state index in [1.807, 2.05) is 0 Å². The standard InChI is InChI=1S/C8H10ClN3O2S/c1-5-4-7(9)11-8(10-5)12-15(13,14)6-2-3-6/h4,6H,2-3H2,1H3,(H,10,11,12). The van der Waals surface area contributed by atoms with Crippen LogP contribution in [0, 0.1) is 6.92 Å². The first-order valence-corrected chi connectivity index (χ1v) is 6.42. The highest BCUT2D eigenvalue weighted by Gasteiger charge is 2.36. The molecule has 0 aliphatic heterocycles. The molecule has 1 aliphatic rings. The largest absolute Gasteiger partial charge is 0.251 e. The molecule has 1 heterocycles. The molecule has 1 aliphatic carbocycles. The van der Waals surface area contributed by atoms with Crippen molar-refractivity contribution in [2.45, 2.75) is 25.0 Å². The zero-order valence-electron chi connectivity index (χ0n) is 8.07. The van der Waals surface area contributed by atoms with Crippen LogP contribution in [0.5, 0.6) is 0 Å². The molecule has 15 heavy (non-hydrogen) atoms. The Morgan fingerprint density at radius 3 is 2.67 bits per heavy atom. The van der Waals surface area contributed by atoms with Gasteiger partial charge in [0, 0.05) is 5.69 Å². The predicted octanol–water partition coefficient (Wildman–Crippen LogP) is 1.34. The van der Waals surface area contributed by atoms with E-state index in [4.69, 9.17) is 11.6 Å². The second kappa shape index (κ2) is 3.61. The average molecular weight is 248 g/mol. The molecule has 1 aromatic heterocycles. The fourth-order valence-corrected chi connectivity index (χ4v) is 2.67. The Balaban J connectivity index is 2.23. The SMILES string of the molecule is Cc1cc(Cl)nc(NS(=O)(=O)C2CC2)n1. The van der Waals surface area contributed by atoms with E-state index in [0.717, 1.165) is 0 Å². The number of nitrogens with zero attached hydrogens (tertiary/aromatic N) is 2. The van der Waals surface area contributed by atoms with E-state index in [0.29, 0.717) is 18.5 Å². The van der Waals surface area contributed by atoms with Crippen molar-refractivity contribution >= 4 is 27.6 Å². The van der Waals surface area contributed by atoms with Crippen molar-refractivity contribution in [2.24, 2.45) is 0 Å². The van der Waals surface area contributed by atoms with Crippen molar-refractivity contribution in [1.29, 1.82) is 0 Å². The Labute approximate surface area is 92.9 Å². The maximum Gasteiger partial charge on any atom is 0.238 e. The normalized spacial score (nSPS) is 16.4. The Morgan fingerprint density at radius 2 is 2.13 bits per heavy atom. The van der Waals surface area contributed by atoms with Gasteiger partial charge in [-0.15, -0.1) is 0 Å². The van der Waals surface area contributed by atoms with Gasteiger partial charge in [0.25, 0.3) is 0 Å². The summed E-state index contributed by atoms with van der Waals surface area (Å²) in [6.07, 6.45) is 1.41. The van der Waals surface area contributed by atoms with Gasteiger partial charge in [0.15, 0.2) is 0 Å². The van der Waals surface area contributed by atoms with Crippen LogP contribution in [0.15, 0.2) is 6.07 Å². The zero-order chi connectivity index (χ0) is 11.1. The summed E-state index contributed by atoms with van der Waals surface area (Å²) in [6.45, 7) is 1.72. The molecule has 0 saturated heterocycles. The van der Waals surface area contributed by atoms with Crippen molar-refractivity contribution in [3.8, 4) is 0 Å². The summed E-state index contributed by atoms with van der Waals surface area (Å²) in [4.78, 5) is 7.74. The molecule has 0 aromatic carbocycles. The van der Waals surface area contributed by atoms with Crippen molar-refractivity contribution in [3.63, 3.8) is 0 Å². The number of aromatic nitrogens is 2. The molecule has 2 rings (SSSR count).